The van der Waals surface area contributed by atoms with Gasteiger partial charge in [0.2, 0.25) is 5.91 Å². The SMILES string of the molecule is CCc1ccc(N2C[C@@H](c3noc(-c4ccc(OC)c(F)c4)n3)CC2=O)cc1. The first-order valence-electron chi connectivity index (χ1n) is 9.16. The average Bonchev–Trinajstić information content (AvgIpc) is 3.35. The molecule has 0 aliphatic carbocycles. The van der Waals surface area contributed by atoms with Crippen molar-refractivity contribution < 1.29 is 18.4 Å². The molecule has 0 radical (unpaired) electrons. The number of anilines is 1. The van der Waals surface area contributed by atoms with Gasteiger partial charge in [0.15, 0.2) is 17.4 Å². The molecule has 1 atom stereocenters. The van der Waals surface area contributed by atoms with Crippen molar-refractivity contribution in [2.75, 3.05) is 18.6 Å². The summed E-state index contributed by atoms with van der Waals surface area (Å²) in [4.78, 5) is 18.6. The molecular formula is C21H20FN3O3. The molecule has 0 spiro atoms. The van der Waals surface area contributed by atoms with E-state index in [1.54, 1.807) is 11.0 Å². The molecule has 0 unspecified atom stereocenters. The van der Waals surface area contributed by atoms with Crippen LogP contribution in [0.5, 0.6) is 5.75 Å². The van der Waals surface area contributed by atoms with Crippen molar-refractivity contribution in [3.8, 4) is 17.2 Å². The first-order valence-corrected chi connectivity index (χ1v) is 9.16. The van der Waals surface area contributed by atoms with E-state index in [-0.39, 0.29) is 23.5 Å². The monoisotopic (exact) mass is 381 g/mol. The highest BCUT2D eigenvalue weighted by atomic mass is 19.1. The third-order valence-electron chi connectivity index (χ3n) is 4.99. The molecule has 1 aliphatic heterocycles. The van der Waals surface area contributed by atoms with Gasteiger partial charge in [0.1, 0.15) is 0 Å². The van der Waals surface area contributed by atoms with Crippen molar-refractivity contribution in [2.45, 2.75) is 25.7 Å². The van der Waals surface area contributed by atoms with Gasteiger partial charge in [0.25, 0.3) is 5.89 Å². The number of aromatic nitrogens is 2. The van der Waals surface area contributed by atoms with Gasteiger partial charge in [-0.2, -0.15) is 4.98 Å². The predicted octanol–water partition coefficient (Wildman–Crippen LogP) is 3.97. The molecule has 1 fully saturated rings. The molecule has 0 N–H and O–H groups in total. The van der Waals surface area contributed by atoms with Crippen molar-refractivity contribution in [1.29, 1.82) is 0 Å². The van der Waals surface area contributed by atoms with Crippen LogP contribution in [-0.2, 0) is 11.2 Å². The highest BCUT2D eigenvalue weighted by Crippen LogP contribution is 2.32. The lowest BCUT2D eigenvalue weighted by atomic mass is 10.1. The van der Waals surface area contributed by atoms with Crippen LogP contribution in [-0.4, -0.2) is 29.7 Å². The Kier molecular flexibility index (Phi) is 4.81. The summed E-state index contributed by atoms with van der Waals surface area (Å²) in [6, 6.07) is 12.4. The van der Waals surface area contributed by atoms with E-state index in [0.717, 1.165) is 12.1 Å². The van der Waals surface area contributed by atoms with Crippen LogP contribution in [0.2, 0.25) is 0 Å². The number of benzene rings is 2. The number of hydrogen-bond donors (Lipinski definition) is 0. The molecule has 2 aromatic carbocycles. The largest absolute Gasteiger partial charge is 0.494 e. The van der Waals surface area contributed by atoms with Gasteiger partial charge in [0, 0.05) is 30.1 Å². The van der Waals surface area contributed by atoms with Crippen molar-refractivity contribution in [3.63, 3.8) is 0 Å². The maximum atomic E-state index is 13.9. The van der Waals surface area contributed by atoms with Crippen LogP contribution in [0.15, 0.2) is 47.0 Å². The van der Waals surface area contributed by atoms with Gasteiger partial charge in [-0.05, 0) is 42.3 Å². The fourth-order valence-electron chi connectivity index (χ4n) is 3.36. The van der Waals surface area contributed by atoms with Gasteiger partial charge in [-0.15, -0.1) is 0 Å². The minimum atomic E-state index is -0.502. The summed E-state index contributed by atoms with van der Waals surface area (Å²) in [5, 5.41) is 4.02. The van der Waals surface area contributed by atoms with Crippen LogP contribution >= 0.6 is 0 Å². The van der Waals surface area contributed by atoms with Gasteiger partial charge in [-0.25, -0.2) is 4.39 Å². The summed E-state index contributed by atoms with van der Waals surface area (Å²) in [5.74, 6) is 0.171. The molecule has 28 heavy (non-hydrogen) atoms. The maximum Gasteiger partial charge on any atom is 0.258 e. The average molecular weight is 381 g/mol. The molecule has 1 saturated heterocycles. The second-order valence-corrected chi connectivity index (χ2v) is 6.73. The molecule has 7 heteroatoms. The van der Waals surface area contributed by atoms with Crippen LogP contribution in [0.25, 0.3) is 11.5 Å². The number of nitrogens with zero attached hydrogens (tertiary/aromatic N) is 3. The van der Waals surface area contributed by atoms with Crippen molar-refractivity contribution >= 4 is 11.6 Å². The van der Waals surface area contributed by atoms with Gasteiger partial charge in [-0.3, -0.25) is 4.79 Å². The van der Waals surface area contributed by atoms with E-state index in [2.05, 4.69) is 17.1 Å². The first-order chi connectivity index (χ1) is 13.6. The Labute approximate surface area is 161 Å². The lowest BCUT2D eigenvalue weighted by Gasteiger charge is -2.16. The molecule has 1 aliphatic rings. The Morgan fingerprint density at radius 3 is 2.71 bits per heavy atom. The number of ether oxygens (including phenoxy) is 1. The fourth-order valence-corrected chi connectivity index (χ4v) is 3.36. The zero-order valence-corrected chi connectivity index (χ0v) is 15.7. The lowest BCUT2D eigenvalue weighted by molar-refractivity contribution is -0.117. The van der Waals surface area contributed by atoms with E-state index in [1.165, 1.54) is 24.8 Å². The molecule has 0 bridgehead atoms. The molecule has 3 aromatic rings. The molecule has 4 rings (SSSR count). The first kappa shape index (κ1) is 18.2. The van der Waals surface area contributed by atoms with Gasteiger partial charge < -0.3 is 14.2 Å². The van der Waals surface area contributed by atoms with Gasteiger partial charge in [-0.1, -0.05) is 24.2 Å². The number of carbonyl (C=O) groups is 1. The number of methoxy groups -OCH3 is 1. The van der Waals surface area contributed by atoms with E-state index >= 15 is 0 Å². The van der Waals surface area contributed by atoms with Gasteiger partial charge >= 0.3 is 0 Å². The van der Waals surface area contributed by atoms with Crippen molar-refractivity contribution in [3.05, 3.63) is 59.7 Å². The van der Waals surface area contributed by atoms with Crippen molar-refractivity contribution in [2.24, 2.45) is 0 Å². The Morgan fingerprint density at radius 2 is 2.04 bits per heavy atom. The summed E-state index contributed by atoms with van der Waals surface area (Å²) in [6.07, 6.45) is 1.26. The number of halogens is 1. The van der Waals surface area contributed by atoms with Crippen LogP contribution in [0, 0.1) is 5.82 Å². The van der Waals surface area contributed by atoms with Crippen LogP contribution in [0.3, 0.4) is 0 Å². The molecule has 144 valence electrons. The van der Waals surface area contributed by atoms with E-state index in [9.17, 15) is 9.18 Å². The normalized spacial score (nSPS) is 16.6. The van der Waals surface area contributed by atoms with Crippen LogP contribution < -0.4 is 9.64 Å². The number of rotatable bonds is 5. The maximum absolute atomic E-state index is 13.9. The summed E-state index contributed by atoms with van der Waals surface area (Å²) < 4.78 is 24.1. The second kappa shape index (κ2) is 7.42. The van der Waals surface area contributed by atoms with E-state index in [4.69, 9.17) is 9.26 Å². The number of amides is 1. The topological polar surface area (TPSA) is 68.5 Å². The highest BCUT2D eigenvalue weighted by molar-refractivity contribution is 5.96. The van der Waals surface area contributed by atoms with E-state index < -0.39 is 5.82 Å². The zero-order valence-electron chi connectivity index (χ0n) is 15.7. The van der Waals surface area contributed by atoms with E-state index in [1.807, 2.05) is 24.3 Å². The number of aryl methyl sites for hydroxylation is 1. The predicted molar refractivity (Wildman–Crippen MR) is 102 cm³/mol. The van der Waals surface area contributed by atoms with Crippen LogP contribution in [0.1, 0.15) is 30.7 Å². The standard InChI is InChI=1S/C21H20FN3O3/c1-3-13-4-7-16(8-5-13)25-12-15(11-19(25)26)20-23-21(28-24-20)14-6-9-18(27-2)17(22)10-14/h4-10,15H,3,11-12H2,1-2H3/t15-/m0/s1. The molecule has 6 nitrogen and oxygen atoms in total. The molecule has 1 amide bonds. The molecule has 0 saturated carbocycles. The quantitative estimate of drug-likeness (QED) is 0.669. The summed E-state index contributed by atoms with van der Waals surface area (Å²) in [5.41, 5.74) is 2.56. The Hall–Kier alpha value is -3.22. The summed E-state index contributed by atoms with van der Waals surface area (Å²) >= 11 is 0. The minimum Gasteiger partial charge on any atom is -0.494 e. The third kappa shape index (κ3) is 3.35. The number of carbonyl (C=O) groups excluding carboxylic acids is 1. The number of hydrogen-bond acceptors (Lipinski definition) is 5. The molecule has 2 heterocycles. The summed E-state index contributed by atoms with van der Waals surface area (Å²) in [6.45, 7) is 2.58. The molecular weight excluding hydrogens is 361 g/mol. The van der Waals surface area contributed by atoms with E-state index in [0.29, 0.717) is 24.4 Å². The second-order valence-electron chi connectivity index (χ2n) is 6.73. The minimum absolute atomic E-state index is 0.0242. The summed E-state index contributed by atoms with van der Waals surface area (Å²) in [7, 11) is 1.40. The Morgan fingerprint density at radius 1 is 1.25 bits per heavy atom. The fraction of sp³-hybridized carbons (Fsp3) is 0.286. The third-order valence-corrected chi connectivity index (χ3v) is 4.99. The molecule has 1 aromatic heterocycles. The van der Waals surface area contributed by atoms with Crippen molar-refractivity contribution in [1.82, 2.24) is 10.1 Å². The Balaban J connectivity index is 1.52. The highest BCUT2D eigenvalue weighted by Gasteiger charge is 2.34. The zero-order chi connectivity index (χ0) is 19.7. The Bertz CT molecular complexity index is 1000. The van der Waals surface area contributed by atoms with Crippen LogP contribution in [0.4, 0.5) is 10.1 Å². The smallest absolute Gasteiger partial charge is 0.258 e. The lowest BCUT2D eigenvalue weighted by Crippen LogP contribution is -2.24. The van der Waals surface area contributed by atoms with Gasteiger partial charge in [0.05, 0.1) is 7.11 Å².